The van der Waals surface area contributed by atoms with Gasteiger partial charge in [-0.1, -0.05) is 12.2 Å². The number of amides is 1. The average molecular weight is 250 g/mol. The minimum Gasteiger partial charge on any atom is -0.392 e. The van der Waals surface area contributed by atoms with Gasteiger partial charge in [-0.25, -0.2) is 0 Å². The molecule has 0 bridgehead atoms. The lowest BCUT2D eigenvalue weighted by Gasteiger charge is -2.24. The Bertz CT molecular complexity index is 290. The summed E-state index contributed by atoms with van der Waals surface area (Å²) in [7, 11) is -0.928. The van der Waals surface area contributed by atoms with E-state index in [4.69, 9.17) is 18.0 Å². The molecule has 0 rings (SSSR count). The summed E-state index contributed by atoms with van der Waals surface area (Å²) in [5, 5.41) is 2.73. The van der Waals surface area contributed by atoms with Crippen LogP contribution in [-0.4, -0.2) is 33.2 Å². The summed E-state index contributed by atoms with van der Waals surface area (Å²) in [5.41, 5.74) is 4.60. The Kier molecular flexibility index (Phi) is 5.37. The highest BCUT2D eigenvalue weighted by Gasteiger charge is 2.31. The van der Waals surface area contributed by atoms with E-state index < -0.39 is 16.2 Å². The maximum absolute atomic E-state index is 11.7. The first-order chi connectivity index (χ1) is 6.67. The highest BCUT2D eigenvalue weighted by molar-refractivity contribution is 7.84. The summed E-state index contributed by atoms with van der Waals surface area (Å²) >= 11 is 4.81. The van der Waals surface area contributed by atoms with Gasteiger partial charge in [0.15, 0.2) is 0 Å². The first-order valence-electron chi connectivity index (χ1n) is 4.58. The van der Waals surface area contributed by atoms with E-state index in [1.165, 1.54) is 0 Å². The molecule has 0 radical (unpaired) electrons. The second kappa shape index (κ2) is 5.55. The quantitative estimate of drug-likeness (QED) is 0.683. The zero-order valence-corrected chi connectivity index (χ0v) is 11.1. The molecule has 0 saturated heterocycles. The molecule has 4 nitrogen and oxygen atoms in total. The van der Waals surface area contributed by atoms with Crippen LogP contribution in [0, 0.1) is 5.41 Å². The van der Waals surface area contributed by atoms with Gasteiger partial charge < -0.3 is 11.1 Å². The summed E-state index contributed by atoms with van der Waals surface area (Å²) in [4.78, 5) is 11.9. The molecule has 0 aliphatic carbocycles. The van der Waals surface area contributed by atoms with Crippen molar-refractivity contribution in [2.45, 2.75) is 26.8 Å². The van der Waals surface area contributed by atoms with Gasteiger partial charge in [-0.3, -0.25) is 9.00 Å². The maximum atomic E-state index is 11.7. The fourth-order valence-corrected chi connectivity index (χ4v) is 1.79. The lowest BCUT2D eigenvalue weighted by molar-refractivity contribution is -0.126. The monoisotopic (exact) mass is 250 g/mol. The van der Waals surface area contributed by atoms with Crippen molar-refractivity contribution in [1.82, 2.24) is 5.32 Å². The summed E-state index contributed by atoms with van der Waals surface area (Å²) in [6.45, 7) is 5.13. The minimum atomic E-state index is -0.928. The number of hydrogen-bond acceptors (Lipinski definition) is 3. The maximum Gasteiger partial charge on any atom is 0.232 e. The van der Waals surface area contributed by atoms with Gasteiger partial charge in [-0.15, -0.1) is 0 Å². The smallest absolute Gasteiger partial charge is 0.232 e. The van der Waals surface area contributed by atoms with Gasteiger partial charge in [0.25, 0.3) is 0 Å². The summed E-state index contributed by atoms with van der Waals surface area (Å²) in [6.07, 6.45) is 1.60. The molecule has 6 heteroatoms. The van der Waals surface area contributed by atoms with Gasteiger partial charge in [0.1, 0.15) is 0 Å². The van der Waals surface area contributed by atoms with Gasteiger partial charge in [-0.2, -0.15) is 0 Å². The van der Waals surface area contributed by atoms with Crippen molar-refractivity contribution < 1.29 is 9.00 Å². The first kappa shape index (κ1) is 14.5. The third kappa shape index (κ3) is 4.70. The molecule has 1 amide bonds. The van der Waals surface area contributed by atoms with E-state index in [0.29, 0.717) is 5.75 Å². The molecule has 3 N–H and O–H groups in total. The van der Waals surface area contributed by atoms with Crippen LogP contribution >= 0.6 is 12.2 Å². The number of thiocarbonyl (C=S) groups is 1. The van der Waals surface area contributed by atoms with Crippen LogP contribution < -0.4 is 11.1 Å². The Hall–Kier alpha value is -0.490. The predicted octanol–water partition coefficient (Wildman–Crippen LogP) is 0.182. The predicted molar refractivity (Wildman–Crippen MR) is 67.1 cm³/mol. The van der Waals surface area contributed by atoms with Crippen molar-refractivity contribution >= 4 is 33.9 Å². The van der Waals surface area contributed by atoms with E-state index in [1.54, 1.807) is 27.0 Å². The van der Waals surface area contributed by atoms with Crippen molar-refractivity contribution in [3.63, 3.8) is 0 Å². The molecule has 15 heavy (non-hydrogen) atoms. The topological polar surface area (TPSA) is 72.2 Å². The van der Waals surface area contributed by atoms with Gasteiger partial charge in [0.2, 0.25) is 5.91 Å². The molecule has 0 aliphatic rings. The van der Waals surface area contributed by atoms with E-state index in [1.807, 2.05) is 0 Å². The van der Waals surface area contributed by atoms with E-state index in [2.05, 4.69) is 5.32 Å². The van der Waals surface area contributed by atoms with Crippen LogP contribution in [0.1, 0.15) is 20.8 Å². The number of hydrogen-bond donors (Lipinski definition) is 2. The molecule has 0 aliphatic heterocycles. The fraction of sp³-hybridized carbons (Fsp3) is 0.778. The second-order valence-electron chi connectivity index (χ2n) is 4.10. The van der Waals surface area contributed by atoms with Crippen LogP contribution in [0.5, 0.6) is 0 Å². The zero-order valence-electron chi connectivity index (χ0n) is 9.49. The molecule has 0 heterocycles. The van der Waals surface area contributed by atoms with Gasteiger partial charge in [0, 0.05) is 28.9 Å². The number of carbonyl (C=O) groups is 1. The number of rotatable bonds is 5. The van der Waals surface area contributed by atoms with Crippen LogP contribution in [0.3, 0.4) is 0 Å². The van der Waals surface area contributed by atoms with Crippen LogP contribution in [0.4, 0.5) is 0 Å². The van der Waals surface area contributed by atoms with Crippen molar-refractivity contribution in [2.24, 2.45) is 11.1 Å². The molecule has 0 aromatic carbocycles. The van der Waals surface area contributed by atoms with Gasteiger partial charge >= 0.3 is 0 Å². The lowest BCUT2D eigenvalue weighted by atomic mass is 9.92. The van der Waals surface area contributed by atoms with E-state index in [-0.39, 0.29) is 16.9 Å². The van der Waals surface area contributed by atoms with Crippen molar-refractivity contribution in [3.8, 4) is 0 Å². The fourth-order valence-electron chi connectivity index (χ4n) is 0.910. The molecular formula is C9H18N2O2S2. The third-order valence-corrected chi connectivity index (χ3v) is 3.53. The molecule has 0 aromatic heterocycles. The molecule has 2 atom stereocenters. The van der Waals surface area contributed by atoms with E-state index in [0.717, 1.165) is 0 Å². The Morgan fingerprint density at radius 2 is 2.07 bits per heavy atom. The van der Waals surface area contributed by atoms with Gasteiger partial charge in [0.05, 0.1) is 10.4 Å². The Labute approximate surface area is 98.4 Å². The van der Waals surface area contributed by atoms with E-state index in [9.17, 15) is 9.00 Å². The van der Waals surface area contributed by atoms with Crippen molar-refractivity contribution in [3.05, 3.63) is 0 Å². The Balaban J connectivity index is 4.37. The Morgan fingerprint density at radius 1 is 1.60 bits per heavy atom. The summed E-state index contributed by atoms with van der Waals surface area (Å²) in [5.74, 6) is 0.201. The number of nitrogens with two attached hydrogens (primary N) is 1. The normalized spacial score (nSPS) is 15.5. The third-order valence-electron chi connectivity index (χ3n) is 2.05. The molecule has 0 spiro atoms. The summed E-state index contributed by atoms with van der Waals surface area (Å²) < 4.78 is 10.9. The molecule has 2 unspecified atom stereocenters. The zero-order chi connectivity index (χ0) is 12.2. The van der Waals surface area contributed by atoms with Crippen LogP contribution in [0.15, 0.2) is 0 Å². The number of carbonyl (C=O) groups excluding carboxylic acids is 1. The summed E-state index contributed by atoms with van der Waals surface area (Å²) in [6, 6.07) is -0.142. The van der Waals surface area contributed by atoms with Crippen LogP contribution in [0.25, 0.3) is 0 Å². The Morgan fingerprint density at radius 3 is 2.40 bits per heavy atom. The molecule has 88 valence electrons. The lowest BCUT2D eigenvalue weighted by Crippen LogP contribution is -2.48. The molecular weight excluding hydrogens is 232 g/mol. The highest BCUT2D eigenvalue weighted by Crippen LogP contribution is 2.15. The van der Waals surface area contributed by atoms with Crippen molar-refractivity contribution in [2.75, 3.05) is 12.0 Å². The SMILES string of the molecule is CC(CS(C)=O)NC(=O)C(C)(C)C(N)=S. The standard InChI is InChI=1S/C9H18N2O2S2/c1-6(5-15(4)13)11-8(12)9(2,3)7(10)14/h6H,5H2,1-4H3,(H2,10,14)(H,11,12). The minimum absolute atomic E-state index is 0.142. The van der Waals surface area contributed by atoms with Crippen molar-refractivity contribution in [1.29, 1.82) is 0 Å². The second-order valence-corrected chi connectivity index (χ2v) is 6.02. The highest BCUT2D eigenvalue weighted by atomic mass is 32.2. The largest absolute Gasteiger partial charge is 0.392 e. The molecule has 0 saturated carbocycles. The van der Waals surface area contributed by atoms with E-state index >= 15 is 0 Å². The first-order valence-corrected chi connectivity index (χ1v) is 6.72. The molecule has 0 aromatic rings. The number of nitrogens with one attached hydrogen (secondary N) is 1. The van der Waals surface area contributed by atoms with Crippen LogP contribution in [-0.2, 0) is 15.6 Å². The molecule has 0 fully saturated rings. The average Bonchev–Trinajstić information content (AvgIpc) is 2.01. The van der Waals surface area contributed by atoms with Gasteiger partial charge in [-0.05, 0) is 20.8 Å². The van der Waals surface area contributed by atoms with Crippen LogP contribution in [0.2, 0.25) is 0 Å².